The molecule has 0 unspecified atom stereocenters. The van der Waals surface area contributed by atoms with E-state index in [-0.39, 0.29) is 42.8 Å². The fourth-order valence-corrected chi connectivity index (χ4v) is 12.3. The summed E-state index contributed by atoms with van der Waals surface area (Å²) < 4.78 is 36.5. The van der Waals surface area contributed by atoms with Gasteiger partial charge in [0.1, 0.15) is 12.0 Å². The Morgan fingerprint density at radius 3 is 2.57 bits per heavy atom. The Morgan fingerprint density at radius 1 is 0.984 bits per heavy atom. The van der Waals surface area contributed by atoms with E-state index in [4.69, 9.17) is 28.4 Å². The minimum atomic E-state index is -1.40. The van der Waals surface area contributed by atoms with Crippen molar-refractivity contribution in [3.63, 3.8) is 0 Å². The number of fused-ring (bicyclic) bond motifs is 11. The van der Waals surface area contributed by atoms with Gasteiger partial charge in [0.25, 0.3) is 0 Å². The van der Waals surface area contributed by atoms with Crippen molar-refractivity contribution in [3.8, 4) is 40.2 Å². The van der Waals surface area contributed by atoms with Crippen molar-refractivity contribution in [2.45, 2.75) is 74.3 Å². The van der Waals surface area contributed by atoms with E-state index in [1.165, 1.54) is 32.1 Å². The molecule has 0 saturated carbocycles. The van der Waals surface area contributed by atoms with Crippen LogP contribution in [0.15, 0.2) is 54.6 Å². The number of benzene rings is 4. The number of carbonyl (C=O) groups excluding carboxylic acids is 2. The van der Waals surface area contributed by atoms with Gasteiger partial charge < -0.3 is 49.1 Å². The van der Waals surface area contributed by atoms with E-state index in [1.54, 1.807) is 18.2 Å². The molecular formula is C46H47N3O11S. The van der Waals surface area contributed by atoms with Gasteiger partial charge in [-0.15, -0.1) is 11.8 Å². The summed E-state index contributed by atoms with van der Waals surface area (Å²) >= 11 is 1.45. The summed E-state index contributed by atoms with van der Waals surface area (Å²) in [7, 11) is 3.00. The van der Waals surface area contributed by atoms with E-state index in [9.17, 15) is 24.9 Å². The molecule has 14 nitrogen and oxygen atoms in total. The summed E-state index contributed by atoms with van der Waals surface area (Å²) in [4.78, 5) is 30.8. The smallest absolute Gasteiger partial charge is 0.336 e. The lowest BCUT2D eigenvalue weighted by Crippen LogP contribution is -2.69. The Balaban J connectivity index is 1.21. The monoisotopic (exact) mass is 849 g/mol. The summed E-state index contributed by atoms with van der Waals surface area (Å²) in [6, 6.07) is 12.6. The highest BCUT2D eigenvalue weighted by atomic mass is 32.2. The van der Waals surface area contributed by atoms with E-state index < -0.39 is 53.1 Å². The van der Waals surface area contributed by atoms with Gasteiger partial charge in [0, 0.05) is 59.1 Å². The largest absolute Gasteiger partial charge is 0.504 e. The molecule has 0 radical (unpaired) electrons. The maximum atomic E-state index is 14.7. The van der Waals surface area contributed by atoms with Crippen LogP contribution < -0.4 is 34.3 Å². The lowest BCUT2D eigenvalue weighted by molar-refractivity contribution is -0.154. The van der Waals surface area contributed by atoms with E-state index in [0.29, 0.717) is 70.2 Å². The number of phenols is 2. The van der Waals surface area contributed by atoms with E-state index >= 15 is 0 Å². The second-order valence-corrected chi connectivity index (χ2v) is 17.5. The molecule has 10 rings (SSSR count). The lowest BCUT2D eigenvalue weighted by atomic mass is 9.73. The van der Waals surface area contributed by atoms with E-state index in [0.717, 1.165) is 22.3 Å². The van der Waals surface area contributed by atoms with Gasteiger partial charge in [-0.2, -0.15) is 0 Å². The Morgan fingerprint density at radius 2 is 1.79 bits per heavy atom. The third-order valence-corrected chi connectivity index (χ3v) is 14.7. The van der Waals surface area contributed by atoms with Crippen molar-refractivity contribution >= 4 is 29.8 Å². The molecule has 6 heterocycles. The number of aliphatic hydroxyl groups excluding tert-OH is 1. The first-order chi connectivity index (χ1) is 29.5. The minimum absolute atomic E-state index is 0.0181. The number of esters is 2. The van der Waals surface area contributed by atoms with Crippen LogP contribution >= 0.6 is 11.8 Å². The van der Waals surface area contributed by atoms with Crippen molar-refractivity contribution in [1.29, 1.82) is 0 Å². The van der Waals surface area contributed by atoms with Gasteiger partial charge in [-0.1, -0.05) is 36.4 Å². The second-order valence-electron chi connectivity index (χ2n) is 16.4. The van der Waals surface area contributed by atoms with E-state index in [2.05, 4.69) is 15.5 Å². The summed E-state index contributed by atoms with van der Waals surface area (Å²) in [5.41, 5.74) is 5.07. The van der Waals surface area contributed by atoms with Gasteiger partial charge in [-0.25, -0.2) is 9.59 Å². The number of nitrogens with zero attached hydrogens (tertiary/aromatic N) is 1. The first-order valence-corrected chi connectivity index (χ1v) is 21.6. The van der Waals surface area contributed by atoms with Crippen LogP contribution in [0.1, 0.15) is 73.8 Å². The number of methoxy groups -OCH3 is 2. The zero-order valence-electron chi connectivity index (χ0n) is 34.2. The molecule has 4 bridgehead atoms. The highest BCUT2D eigenvalue weighted by molar-refractivity contribution is 7.99. The second kappa shape index (κ2) is 15.2. The Labute approximate surface area is 356 Å². The maximum Gasteiger partial charge on any atom is 0.336 e. The number of carbonyl (C=O) groups is 2. The zero-order valence-corrected chi connectivity index (χ0v) is 35.0. The summed E-state index contributed by atoms with van der Waals surface area (Å²) in [6.45, 7) is 4.04. The van der Waals surface area contributed by atoms with Crippen LogP contribution in [0.5, 0.6) is 40.2 Å². The normalized spacial score (nSPS) is 27.3. The fourth-order valence-electron chi connectivity index (χ4n) is 10.6. The molecule has 1 saturated heterocycles. The first-order valence-electron chi connectivity index (χ1n) is 20.5. The van der Waals surface area contributed by atoms with Crippen molar-refractivity contribution in [1.82, 2.24) is 15.5 Å². The molecule has 4 aromatic carbocycles. The van der Waals surface area contributed by atoms with Crippen LogP contribution in [0.4, 0.5) is 0 Å². The third kappa shape index (κ3) is 6.15. The van der Waals surface area contributed by atoms with Crippen LogP contribution in [-0.2, 0) is 32.7 Å². The van der Waals surface area contributed by atoms with Crippen molar-refractivity contribution < 1.29 is 53.3 Å². The summed E-state index contributed by atoms with van der Waals surface area (Å²) in [6.07, 6.45) is 3.25. The number of phenolic OH excluding ortho intramolecular Hbond substituents is 2. The number of rotatable bonds is 5. The standard InChI is InChI=1S/C46H47N3O11S/c1-22-16-26-17-28-44(53)49-29-13-15-57-45(54)46(27-19-31(55-3)30(50)18-25(27)12-14-47-46)20-61-43(37(49)36(48-28)33(26)38(52)39(22)56-4)35-34(29)42-41(58-21-59-42)23(2)40(35)60-32(51)11-10-24-8-6-5-7-9-24/h5-11,16,18-19,28-29,36-37,43-44,47-48,50,52-53H,12-15,17,20-21H2,1-4H3/b11-10+/t28-,29+,36-,37-,43-,44+,46-/m1/s1. The van der Waals surface area contributed by atoms with Gasteiger partial charge in [0.05, 0.1) is 38.2 Å². The molecule has 1 fully saturated rings. The molecule has 61 heavy (non-hydrogen) atoms. The first kappa shape index (κ1) is 39.7. The molecule has 318 valence electrons. The number of piperazine rings is 1. The van der Waals surface area contributed by atoms with Crippen LogP contribution in [0.25, 0.3) is 6.08 Å². The number of ether oxygens (including phenoxy) is 6. The SMILES string of the molecule is COc1cc2c(cc1O)CCN[C@]21CS[C@@H]2c3c(OC(=O)/C=C/c4ccccc4)c(C)c4c(c3[C@H](CCOC1=O)N1[C@@H]2[C@@H]2N[C@H](Cc3cc(C)c(OC)c(O)c32)[C@@H]1O)OCO4. The van der Waals surface area contributed by atoms with Gasteiger partial charge in [0.15, 0.2) is 40.0 Å². The Hall–Kier alpha value is -5.45. The molecule has 6 aliphatic rings. The number of aryl methyl sites for hydroxylation is 1. The number of aliphatic hydroxyl groups is 1. The average Bonchev–Trinajstić information content (AvgIpc) is 3.74. The summed E-state index contributed by atoms with van der Waals surface area (Å²) in [5, 5.41) is 42.1. The Bertz CT molecular complexity index is 2500. The van der Waals surface area contributed by atoms with Crippen molar-refractivity contribution in [2.75, 3.05) is 39.9 Å². The average molecular weight is 850 g/mol. The van der Waals surface area contributed by atoms with Crippen molar-refractivity contribution in [2.24, 2.45) is 0 Å². The highest BCUT2D eigenvalue weighted by Gasteiger charge is 2.59. The topological polar surface area (TPSA) is 178 Å². The van der Waals surface area contributed by atoms with Crippen LogP contribution in [-0.4, -0.2) is 90.4 Å². The predicted octanol–water partition coefficient (Wildman–Crippen LogP) is 5.15. The molecule has 0 aliphatic carbocycles. The molecule has 7 atom stereocenters. The predicted molar refractivity (Wildman–Crippen MR) is 224 cm³/mol. The maximum absolute atomic E-state index is 14.7. The fraction of sp³-hybridized carbons (Fsp3) is 0.391. The number of nitrogens with one attached hydrogen (secondary N) is 2. The minimum Gasteiger partial charge on any atom is -0.504 e. The zero-order chi connectivity index (χ0) is 42.3. The number of aromatic hydroxyl groups is 2. The molecule has 5 N–H and O–H groups in total. The van der Waals surface area contributed by atoms with Gasteiger partial charge in [-0.05, 0) is 72.7 Å². The van der Waals surface area contributed by atoms with Crippen molar-refractivity contribution in [3.05, 3.63) is 105 Å². The van der Waals surface area contributed by atoms with Gasteiger partial charge in [-0.3, -0.25) is 10.2 Å². The quantitative estimate of drug-likeness (QED) is 0.101. The molecule has 1 spiro atoms. The molecule has 15 heteroatoms. The highest BCUT2D eigenvalue weighted by Crippen LogP contribution is 2.63. The number of hydrogen-bond acceptors (Lipinski definition) is 15. The molecule has 4 aromatic rings. The number of thioether (sulfide) groups is 1. The molecule has 6 aliphatic heterocycles. The van der Waals surface area contributed by atoms with Gasteiger partial charge in [0.2, 0.25) is 6.79 Å². The van der Waals surface area contributed by atoms with E-state index in [1.807, 2.05) is 50.2 Å². The molecule has 0 aromatic heterocycles. The Kier molecular flexibility index (Phi) is 9.87. The molecule has 0 amide bonds. The number of cyclic esters (lactones) is 1. The molecular weight excluding hydrogens is 803 g/mol. The lowest BCUT2D eigenvalue weighted by Gasteiger charge is -2.59. The third-order valence-electron chi connectivity index (χ3n) is 13.2. The van der Waals surface area contributed by atoms with Gasteiger partial charge >= 0.3 is 11.9 Å². The number of hydrogen-bond donors (Lipinski definition) is 5. The van der Waals surface area contributed by atoms with Crippen LogP contribution in [0.2, 0.25) is 0 Å². The van der Waals surface area contributed by atoms with Crippen LogP contribution in [0.3, 0.4) is 0 Å². The van der Waals surface area contributed by atoms with Crippen LogP contribution in [0, 0.1) is 13.8 Å². The summed E-state index contributed by atoms with van der Waals surface area (Å²) in [5.74, 6) is 0.812.